The lowest BCUT2D eigenvalue weighted by Crippen LogP contribution is -2.01. The fourth-order valence-corrected chi connectivity index (χ4v) is 8.09. The molecule has 9 aromatic carbocycles. The van der Waals surface area contributed by atoms with E-state index in [9.17, 15) is 0 Å². The van der Waals surface area contributed by atoms with E-state index >= 15 is 0 Å². The molecule has 0 unspecified atom stereocenters. The summed E-state index contributed by atoms with van der Waals surface area (Å²) in [6.45, 7) is 0. The van der Waals surface area contributed by atoms with Crippen molar-refractivity contribution in [1.29, 1.82) is 0 Å². The van der Waals surface area contributed by atoms with Crippen LogP contribution in [-0.4, -0.2) is 15.0 Å². The second-order valence-electron chi connectivity index (χ2n) is 13.9. The summed E-state index contributed by atoms with van der Waals surface area (Å²) >= 11 is 0. The van der Waals surface area contributed by atoms with Gasteiger partial charge in [0, 0.05) is 27.3 Å². The molecule has 0 aliphatic carbocycles. The average molecular weight is 702 g/mol. The summed E-state index contributed by atoms with van der Waals surface area (Å²) in [7, 11) is 0. The molecule has 0 fully saturated rings. The summed E-state index contributed by atoms with van der Waals surface area (Å²) in [5.74, 6) is 1.77. The van der Waals surface area contributed by atoms with E-state index in [0.717, 1.165) is 60.2 Å². The molecule has 11 aromatic rings. The Bertz CT molecular complexity index is 3260. The number of para-hydroxylation sites is 1. The maximum atomic E-state index is 6.94. The molecule has 11 rings (SSSR count). The van der Waals surface area contributed by atoms with Crippen molar-refractivity contribution in [3.63, 3.8) is 0 Å². The highest BCUT2D eigenvalue weighted by molar-refractivity contribution is 6.20. The molecular formula is C51H31N3O. The van der Waals surface area contributed by atoms with Crippen molar-refractivity contribution in [2.24, 2.45) is 0 Å². The van der Waals surface area contributed by atoms with Crippen LogP contribution >= 0.6 is 0 Å². The Morgan fingerprint density at radius 3 is 1.58 bits per heavy atom. The van der Waals surface area contributed by atoms with Gasteiger partial charge in [0.1, 0.15) is 11.2 Å². The minimum Gasteiger partial charge on any atom is -0.455 e. The van der Waals surface area contributed by atoms with Gasteiger partial charge < -0.3 is 4.42 Å². The zero-order valence-electron chi connectivity index (χ0n) is 29.6. The predicted molar refractivity (Wildman–Crippen MR) is 227 cm³/mol. The van der Waals surface area contributed by atoms with E-state index in [1.807, 2.05) is 36.4 Å². The standard InChI is InChI=1S/C51H31N3O/c1-3-15-33(16-4-1)37-28-29-43(39-21-10-9-20-38(37)39)50-52-49(34-17-5-2-6-18-34)53-51(54-50)44-25-13-24-42-46-31-45(36-27-26-32-14-7-8-19-35(32)30-36)40-22-11-12-23-41(40)48(46)55-47(42)44/h1-31H. The summed E-state index contributed by atoms with van der Waals surface area (Å²) in [5, 5.41) is 8.94. The number of aromatic nitrogens is 3. The molecule has 4 nitrogen and oxygen atoms in total. The maximum Gasteiger partial charge on any atom is 0.167 e. The Morgan fingerprint density at radius 2 is 0.818 bits per heavy atom. The predicted octanol–water partition coefficient (Wildman–Crippen LogP) is 13.6. The van der Waals surface area contributed by atoms with Crippen LogP contribution in [0.3, 0.4) is 0 Å². The van der Waals surface area contributed by atoms with Gasteiger partial charge in [-0.3, -0.25) is 0 Å². The monoisotopic (exact) mass is 701 g/mol. The fourth-order valence-electron chi connectivity index (χ4n) is 8.09. The molecule has 256 valence electrons. The summed E-state index contributed by atoms with van der Waals surface area (Å²) in [5.41, 5.74) is 8.94. The van der Waals surface area contributed by atoms with Crippen LogP contribution in [0, 0.1) is 0 Å². The van der Waals surface area contributed by atoms with Crippen LogP contribution in [0.1, 0.15) is 0 Å². The van der Waals surface area contributed by atoms with Crippen LogP contribution in [0.5, 0.6) is 0 Å². The second-order valence-corrected chi connectivity index (χ2v) is 13.9. The third kappa shape index (κ3) is 5.19. The van der Waals surface area contributed by atoms with Gasteiger partial charge in [-0.25, -0.2) is 15.0 Å². The molecule has 2 aromatic heterocycles. The minimum atomic E-state index is 0.559. The molecule has 0 atom stereocenters. The third-order valence-electron chi connectivity index (χ3n) is 10.7. The zero-order valence-corrected chi connectivity index (χ0v) is 29.6. The van der Waals surface area contributed by atoms with Crippen molar-refractivity contribution >= 4 is 54.3 Å². The van der Waals surface area contributed by atoms with Gasteiger partial charge in [-0.1, -0.05) is 164 Å². The number of fused-ring (bicyclic) bond motifs is 7. The Hall–Kier alpha value is -7.43. The largest absolute Gasteiger partial charge is 0.455 e. The Labute approximate surface area is 317 Å². The number of nitrogens with zero attached hydrogens (tertiary/aromatic N) is 3. The molecule has 0 radical (unpaired) electrons. The third-order valence-corrected chi connectivity index (χ3v) is 10.7. The molecule has 2 heterocycles. The summed E-state index contributed by atoms with van der Waals surface area (Å²) < 4.78 is 6.94. The number of benzene rings is 9. The summed E-state index contributed by atoms with van der Waals surface area (Å²) in [6, 6.07) is 65.7. The van der Waals surface area contributed by atoms with Crippen molar-refractivity contribution in [2.75, 3.05) is 0 Å². The number of rotatable bonds is 5. The van der Waals surface area contributed by atoms with Crippen molar-refractivity contribution in [3.05, 3.63) is 188 Å². The van der Waals surface area contributed by atoms with Gasteiger partial charge in [0.2, 0.25) is 0 Å². The molecule has 0 saturated heterocycles. The quantitative estimate of drug-likeness (QED) is 0.179. The zero-order chi connectivity index (χ0) is 36.3. The van der Waals surface area contributed by atoms with Crippen LogP contribution < -0.4 is 0 Å². The smallest absolute Gasteiger partial charge is 0.167 e. The molecule has 0 amide bonds. The SMILES string of the molecule is c1ccc(-c2nc(-c3ccc(-c4ccccc4)c4ccccc34)nc(-c3cccc4c3oc3c5ccccc5c(-c5ccc6ccccc6c5)cc43)n2)cc1. The fraction of sp³-hybridized carbons (Fsp3) is 0. The lowest BCUT2D eigenvalue weighted by atomic mass is 9.94. The Kier molecular flexibility index (Phi) is 7.14. The van der Waals surface area contributed by atoms with Gasteiger partial charge in [0.05, 0.1) is 5.56 Å². The van der Waals surface area contributed by atoms with Gasteiger partial charge in [-0.05, 0) is 73.5 Å². The van der Waals surface area contributed by atoms with Crippen LogP contribution in [0.4, 0.5) is 0 Å². The first kappa shape index (κ1) is 31.1. The lowest BCUT2D eigenvalue weighted by Gasteiger charge is -2.13. The molecule has 55 heavy (non-hydrogen) atoms. The lowest BCUT2D eigenvalue weighted by molar-refractivity contribution is 0.673. The van der Waals surface area contributed by atoms with Gasteiger partial charge in [0.15, 0.2) is 17.5 Å². The van der Waals surface area contributed by atoms with E-state index in [0.29, 0.717) is 17.5 Å². The molecular weight excluding hydrogens is 671 g/mol. The van der Waals surface area contributed by atoms with E-state index in [-0.39, 0.29) is 0 Å². The van der Waals surface area contributed by atoms with E-state index in [1.54, 1.807) is 0 Å². The topological polar surface area (TPSA) is 51.8 Å². The van der Waals surface area contributed by atoms with Crippen LogP contribution in [0.2, 0.25) is 0 Å². The molecule has 0 aliphatic rings. The second kappa shape index (κ2) is 12.6. The van der Waals surface area contributed by atoms with Crippen molar-refractivity contribution in [1.82, 2.24) is 15.0 Å². The van der Waals surface area contributed by atoms with Gasteiger partial charge >= 0.3 is 0 Å². The number of hydrogen-bond donors (Lipinski definition) is 0. The molecule has 0 N–H and O–H groups in total. The molecule has 0 saturated carbocycles. The summed E-state index contributed by atoms with van der Waals surface area (Å²) in [4.78, 5) is 15.5. The highest BCUT2D eigenvalue weighted by Gasteiger charge is 2.21. The van der Waals surface area contributed by atoms with Crippen LogP contribution in [0.15, 0.2) is 192 Å². The minimum absolute atomic E-state index is 0.559. The van der Waals surface area contributed by atoms with Gasteiger partial charge in [0.25, 0.3) is 0 Å². The Morgan fingerprint density at radius 1 is 0.273 bits per heavy atom. The van der Waals surface area contributed by atoms with Crippen molar-refractivity contribution in [3.8, 4) is 56.4 Å². The van der Waals surface area contributed by atoms with E-state index in [2.05, 4.69) is 152 Å². The Balaban J connectivity index is 1.15. The molecule has 4 heteroatoms. The molecule has 0 bridgehead atoms. The van der Waals surface area contributed by atoms with Crippen LogP contribution in [0.25, 0.3) is 111 Å². The van der Waals surface area contributed by atoms with E-state index in [4.69, 9.17) is 19.4 Å². The van der Waals surface area contributed by atoms with Gasteiger partial charge in [-0.15, -0.1) is 0 Å². The molecule has 0 aliphatic heterocycles. The summed E-state index contributed by atoms with van der Waals surface area (Å²) in [6.07, 6.45) is 0. The van der Waals surface area contributed by atoms with Crippen LogP contribution in [-0.2, 0) is 0 Å². The number of furan rings is 1. The maximum absolute atomic E-state index is 6.94. The first-order valence-electron chi connectivity index (χ1n) is 18.5. The highest BCUT2D eigenvalue weighted by atomic mass is 16.3. The highest BCUT2D eigenvalue weighted by Crippen LogP contribution is 2.43. The van der Waals surface area contributed by atoms with Gasteiger partial charge in [-0.2, -0.15) is 0 Å². The number of hydrogen-bond acceptors (Lipinski definition) is 4. The molecule has 0 spiro atoms. The van der Waals surface area contributed by atoms with E-state index in [1.165, 1.54) is 33.0 Å². The first-order chi connectivity index (χ1) is 27.3. The average Bonchev–Trinajstić information content (AvgIpc) is 3.65. The van der Waals surface area contributed by atoms with Crippen molar-refractivity contribution in [2.45, 2.75) is 0 Å². The van der Waals surface area contributed by atoms with Crippen molar-refractivity contribution < 1.29 is 4.42 Å². The normalized spacial score (nSPS) is 11.6. The van der Waals surface area contributed by atoms with E-state index < -0.39 is 0 Å². The first-order valence-corrected chi connectivity index (χ1v) is 18.5.